The molecule has 7 heteroatoms. The summed E-state index contributed by atoms with van der Waals surface area (Å²) in [6.07, 6.45) is 2.08. The molecule has 0 aromatic heterocycles. The topological polar surface area (TPSA) is 70.4 Å². The number of benzene rings is 2. The van der Waals surface area contributed by atoms with Crippen molar-refractivity contribution in [3.63, 3.8) is 0 Å². The number of rotatable bonds is 8. The van der Waals surface area contributed by atoms with Crippen LogP contribution in [0.25, 0.3) is 0 Å². The lowest BCUT2D eigenvalue weighted by atomic mass is 9.74. The molecule has 0 aliphatic carbocycles. The normalized spacial score (nSPS) is 21.1. The Bertz CT molecular complexity index is 1100. The molecule has 2 aromatic rings. The molecule has 192 valence electrons. The number of hydrogen-bond donors (Lipinski definition) is 0. The van der Waals surface area contributed by atoms with E-state index in [0.29, 0.717) is 35.7 Å². The monoisotopic (exact) mass is 528 g/mol. The molecule has 1 amide bonds. The van der Waals surface area contributed by atoms with Gasteiger partial charge in [0.15, 0.2) is 0 Å². The second-order valence-electron chi connectivity index (χ2n) is 10.4. The lowest BCUT2D eigenvalue weighted by molar-refractivity contribution is -0.161. The second kappa shape index (κ2) is 12.1. The van der Waals surface area contributed by atoms with Crippen LogP contribution in [0.4, 0.5) is 0 Å². The van der Waals surface area contributed by atoms with Gasteiger partial charge in [-0.05, 0) is 75.4 Å². The van der Waals surface area contributed by atoms with Crippen LogP contribution in [0.15, 0.2) is 48.5 Å². The Morgan fingerprint density at radius 3 is 2.42 bits per heavy atom. The molecule has 0 saturated carbocycles. The minimum absolute atomic E-state index is 0.00565. The van der Waals surface area contributed by atoms with Crippen LogP contribution < -0.4 is 0 Å². The predicted octanol–water partition coefficient (Wildman–Crippen LogP) is 7.48. The summed E-state index contributed by atoms with van der Waals surface area (Å²) >= 11 is 12.6. The van der Waals surface area contributed by atoms with Gasteiger partial charge in [0.25, 0.3) is 0 Å². The lowest BCUT2D eigenvalue weighted by Crippen LogP contribution is -2.52. The van der Waals surface area contributed by atoms with Gasteiger partial charge < -0.3 is 9.64 Å². The third kappa shape index (κ3) is 7.02. The molecule has 1 aliphatic rings. The van der Waals surface area contributed by atoms with Crippen molar-refractivity contribution in [1.29, 1.82) is 5.26 Å². The summed E-state index contributed by atoms with van der Waals surface area (Å²) in [4.78, 5) is 28.8. The average Bonchev–Trinajstić information content (AvgIpc) is 2.81. The predicted molar refractivity (Wildman–Crippen MR) is 143 cm³/mol. The van der Waals surface area contributed by atoms with Crippen LogP contribution in [0.3, 0.4) is 0 Å². The summed E-state index contributed by atoms with van der Waals surface area (Å²) in [5, 5.41) is 10.5. The van der Waals surface area contributed by atoms with Crippen LogP contribution in [0.5, 0.6) is 0 Å². The number of ether oxygens (including phenoxy) is 1. The Balaban J connectivity index is 2.11. The van der Waals surface area contributed by atoms with Gasteiger partial charge in [0.05, 0.1) is 18.5 Å². The molecule has 1 unspecified atom stereocenters. The van der Waals surface area contributed by atoms with E-state index in [-0.39, 0.29) is 36.3 Å². The van der Waals surface area contributed by atoms with E-state index in [1.807, 2.05) is 81.1 Å². The minimum Gasteiger partial charge on any atom is -0.460 e. The van der Waals surface area contributed by atoms with Crippen molar-refractivity contribution in [2.24, 2.45) is 5.92 Å². The first kappa shape index (κ1) is 28.0. The molecule has 3 rings (SSSR count). The van der Waals surface area contributed by atoms with Gasteiger partial charge in [-0.25, -0.2) is 0 Å². The van der Waals surface area contributed by atoms with Crippen LogP contribution >= 0.6 is 23.2 Å². The zero-order chi connectivity index (χ0) is 26.5. The molecule has 1 saturated heterocycles. The summed E-state index contributed by atoms with van der Waals surface area (Å²) in [5.74, 6) is -1.11. The number of hydrogen-bond acceptors (Lipinski definition) is 4. The van der Waals surface area contributed by atoms with Gasteiger partial charge in [-0.1, -0.05) is 54.4 Å². The molecule has 0 radical (unpaired) electrons. The molecule has 4 atom stereocenters. The molecule has 5 nitrogen and oxygen atoms in total. The Morgan fingerprint density at radius 2 is 1.83 bits per heavy atom. The van der Waals surface area contributed by atoms with E-state index >= 15 is 0 Å². The first-order valence-electron chi connectivity index (χ1n) is 12.5. The molecule has 0 bridgehead atoms. The molecule has 1 aliphatic heterocycles. The van der Waals surface area contributed by atoms with Crippen LogP contribution in [0, 0.1) is 17.2 Å². The number of nitrogens with zero attached hydrogens (tertiary/aromatic N) is 2. The lowest BCUT2D eigenvalue weighted by Gasteiger charge is -2.48. The molecule has 1 heterocycles. The van der Waals surface area contributed by atoms with Gasteiger partial charge >= 0.3 is 5.97 Å². The number of carbonyl (C=O) groups is 2. The first-order chi connectivity index (χ1) is 17.0. The Labute approximate surface area is 224 Å². The molecule has 0 N–H and O–H groups in total. The molecule has 36 heavy (non-hydrogen) atoms. The summed E-state index contributed by atoms with van der Waals surface area (Å²) in [5.41, 5.74) is 1.33. The van der Waals surface area contributed by atoms with E-state index in [0.717, 1.165) is 11.1 Å². The van der Waals surface area contributed by atoms with Crippen molar-refractivity contribution >= 4 is 35.1 Å². The van der Waals surface area contributed by atoms with E-state index in [9.17, 15) is 14.9 Å². The Kier molecular flexibility index (Phi) is 9.44. The standard InChI is InChI=1S/C29H34Cl2N2O3/c1-5-24(10-7-15-32)33-27(19-11-13-22(30)14-12-19)25(20-8-6-9-23(31)16-20)17-21(28(33)35)18-26(34)36-29(2,3)4/h6,8-9,11-14,16,21,24-25,27H,5,7,10,17-18H2,1-4H3/t21-,24+,25?,27-/m1/s1. The summed E-state index contributed by atoms with van der Waals surface area (Å²) in [6, 6.07) is 17.0. The third-order valence-electron chi connectivity index (χ3n) is 6.60. The maximum atomic E-state index is 14.1. The van der Waals surface area contributed by atoms with Gasteiger partial charge in [0, 0.05) is 34.3 Å². The molecular formula is C29H34Cl2N2O3. The number of amides is 1. The van der Waals surface area contributed by atoms with E-state index < -0.39 is 11.5 Å². The molecule has 0 spiro atoms. The van der Waals surface area contributed by atoms with Crippen LogP contribution in [-0.4, -0.2) is 28.4 Å². The van der Waals surface area contributed by atoms with Crippen molar-refractivity contribution in [3.8, 4) is 6.07 Å². The van der Waals surface area contributed by atoms with Gasteiger partial charge in [-0.2, -0.15) is 5.26 Å². The van der Waals surface area contributed by atoms with Gasteiger partial charge in [0.2, 0.25) is 5.91 Å². The van der Waals surface area contributed by atoms with Crippen molar-refractivity contribution in [1.82, 2.24) is 4.90 Å². The van der Waals surface area contributed by atoms with Crippen molar-refractivity contribution in [3.05, 3.63) is 69.7 Å². The zero-order valence-electron chi connectivity index (χ0n) is 21.3. The van der Waals surface area contributed by atoms with Crippen LogP contribution in [0.2, 0.25) is 10.0 Å². The SMILES string of the molecule is CC[C@@H](CCC#N)N1C(=O)[C@@H](CC(=O)OC(C)(C)C)CC(c2cccc(Cl)c2)[C@H]1c1ccc(Cl)cc1. The largest absolute Gasteiger partial charge is 0.460 e. The van der Waals surface area contributed by atoms with Gasteiger partial charge in [0.1, 0.15) is 5.60 Å². The van der Waals surface area contributed by atoms with Crippen LogP contribution in [0.1, 0.15) is 82.9 Å². The highest BCUT2D eigenvalue weighted by molar-refractivity contribution is 6.30. The van der Waals surface area contributed by atoms with Gasteiger partial charge in [-0.3, -0.25) is 9.59 Å². The zero-order valence-corrected chi connectivity index (χ0v) is 22.9. The summed E-state index contributed by atoms with van der Waals surface area (Å²) in [7, 11) is 0. The average molecular weight is 530 g/mol. The van der Waals surface area contributed by atoms with Crippen molar-refractivity contribution in [2.45, 2.75) is 83.4 Å². The fourth-order valence-corrected chi connectivity index (χ4v) is 5.44. The highest BCUT2D eigenvalue weighted by Gasteiger charge is 2.46. The van der Waals surface area contributed by atoms with E-state index in [1.165, 1.54) is 0 Å². The fourth-order valence-electron chi connectivity index (χ4n) is 5.12. The van der Waals surface area contributed by atoms with E-state index in [4.69, 9.17) is 27.9 Å². The van der Waals surface area contributed by atoms with Crippen molar-refractivity contribution < 1.29 is 14.3 Å². The van der Waals surface area contributed by atoms with E-state index in [2.05, 4.69) is 6.07 Å². The third-order valence-corrected chi connectivity index (χ3v) is 7.09. The molecule has 1 fully saturated rings. The Morgan fingerprint density at radius 1 is 1.14 bits per heavy atom. The molecular weight excluding hydrogens is 495 g/mol. The minimum atomic E-state index is -0.633. The maximum absolute atomic E-state index is 14.1. The first-order valence-corrected chi connectivity index (χ1v) is 13.2. The van der Waals surface area contributed by atoms with Crippen molar-refractivity contribution in [2.75, 3.05) is 0 Å². The van der Waals surface area contributed by atoms with Crippen LogP contribution in [-0.2, 0) is 14.3 Å². The number of esters is 1. The Hall–Kier alpha value is -2.55. The summed E-state index contributed by atoms with van der Waals surface area (Å²) in [6.45, 7) is 7.49. The quantitative estimate of drug-likeness (QED) is 0.333. The number of carbonyl (C=O) groups excluding carboxylic acids is 2. The number of halogens is 2. The smallest absolute Gasteiger partial charge is 0.307 e. The highest BCUT2D eigenvalue weighted by atomic mass is 35.5. The summed E-state index contributed by atoms with van der Waals surface area (Å²) < 4.78 is 5.57. The maximum Gasteiger partial charge on any atom is 0.307 e. The number of piperidine rings is 1. The second-order valence-corrected chi connectivity index (χ2v) is 11.3. The molecule has 2 aromatic carbocycles. The fraction of sp³-hybridized carbons (Fsp3) is 0.483. The van der Waals surface area contributed by atoms with Gasteiger partial charge in [-0.15, -0.1) is 0 Å². The highest BCUT2D eigenvalue weighted by Crippen LogP contribution is 2.48. The number of nitriles is 1. The number of likely N-dealkylation sites (tertiary alicyclic amines) is 1. The van der Waals surface area contributed by atoms with E-state index in [1.54, 1.807) is 0 Å².